The number of carbonyl (C=O) groups is 1. The largest absolute Gasteiger partial charge is 0.335 e. The average molecular weight is 277 g/mol. The van der Waals surface area contributed by atoms with Crippen molar-refractivity contribution >= 4 is 18.3 Å². The van der Waals surface area contributed by atoms with Crippen molar-refractivity contribution in [3.63, 3.8) is 0 Å². The highest BCUT2D eigenvalue weighted by molar-refractivity contribution is 5.85. The van der Waals surface area contributed by atoms with Crippen molar-refractivity contribution in [2.75, 3.05) is 13.1 Å². The summed E-state index contributed by atoms with van der Waals surface area (Å²) in [5.74, 6) is -3.21. The SMILES string of the molecule is Cl.NC(C(=O)N1CCC(F)(F)C1)c1ccccc1. The monoisotopic (exact) mass is 276 g/mol. The standard InChI is InChI=1S/C12H14F2N2O.ClH/c13-12(14)6-7-16(8-12)11(17)10(15)9-4-2-1-3-5-9;/h1-5,10H,6-8,15H2;1H. The van der Waals surface area contributed by atoms with Gasteiger partial charge >= 0.3 is 0 Å². The quantitative estimate of drug-likeness (QED) is 0.898. The van der Waals surface area contributed by atoms with Gasteiger partial charge in [0.2, 0.25) is 5.91 Å². The van der Waals surface area contributed by atoms with Crippen LogP contribution in [0.2, 0.25) is 0 Å². The van der Waals surface area contributed by atoms with Crippen LogP contribution in [0.4, 0.5) is 8.78 Å². The fourth-order valence-corrected chi connectivity index (χ4v) is 1.92. The van der Waals surface area contributed by atoms with Gasteiger partial charge in [0.05, 0.1) is 6.54 Å². The lowest BCUT2D eigenvalue weighted by molar-refractivity contribution is -0.133. The van der Waals surface area contributed by atoms with E-state index in [1.165, 1.54) is 0 Å². The summed E-state index contributed by atoms with van der Waals surface area (Å²) >= 11 is 0. The lowest BCUT2D eigenvalue weighted by atomic mass is 10.1. The van der Waals surface area contributed by atoms with Gasteiger partial charge in [-0.05, 0) is 5.56 Å². The molecule has 0 spiro atoms. The highest BCUT2D eigenvalue weighted by Crippen LogP contribution is 2.28. The summed E-state index contributed by atoms with van der Waals surface area (Å²) in [5.41, 5.74) is 6.42. The van der Waals surface area contributed by atoms with Gasteiger partial charge in [0.1, 0.15) is 6.04 Å². The predicted octanol–water partition coefficient (Wildman–Crippen LogP) is 1.98. The second kappa shape index (κ2) is 5.63. The summed E-state index contributed by atoms with van der Waals surface area (Å²) in [5, 5.41) is 0. The Labute approximate surface area is 110 Å². The van der Waals surface area contributed by atoms with Crippen molar-refractivity contribution < 1.29 is 13.6 Å². The summed E-state index contributed by atoms with van der Waals surface area (Å²) < 4.78 is 26.0. The number of hydrogen-bond acceptors (Lipinski definition) is 2. The molecule has 0 saturated carbocycles. The summed E-state index contributed by atoms with van der Waals surface area (Å²) in [6.07, 6.45) is -0.278. The van der Waals surface area contributed by atoms with Crippen LogP contribution in [-0.4, -0.2) is 29.8 Å². The van der Waals surface area contributed by atoms with Crippen molar-refractivity contribution in [2.24, 2.45) is 5.73 Å². The number of nitrogens with two attached hydrogens (primary N) is 1. The molecule has 100 valence electrons. The molecule has 0 radical (unpaired) electrons. The topological polar surface area (TPSA) is 46.3 Å². The predicted molar refractivity (Wildman–Crippen MR) is 66.8 cm³/mol. The van der Waals surface area contributed by atoms with Crippen molar-refractivity contribution in [1.82, 2.24) is 4.90 Å². The Morgan fingerprint density at radius 3 is 2.44 bits per heavy atom. The van der Waals surface area contributed by atoms with E-state index in [9.17, 15) is 13.6 Å². The summed E-state index contributed by atoms with van der Waals surface area (Å²) in [6, 6.07) is 7.92. The van der Waals surface area contributed by atoms with Gasteiger partial charge in [-0.15, -0.1) is 12.4 Å². The van der Waals surface area contributed by atoms with Crippen LogP contribution in [0.25, 0.3) is 0 Å². The van der Waals surface area contributed by atoms with E-state index in [1.807, 2.05) is 6.07 Å². The van der Waals surface area contributed by atoms with Crippen LogP contribution in [0.3, 0.4) is 0 Å². The van der Waals surface area contributed by atoms with E-state index in [0.717, 1.165) is 4.90 Å². The van der Waals surface area contributed by atoms with Crippen LogP contribution < -0.4 is 5.73 Å². The number of nitrogens with zero attached hydrogens (tertiary/aromatic N) is 1. The van der Waals surface area contributed by atoms with E-state index in [0.29, 0.717) is 5.56 Å². The van der Waals surface area contributed by atoms with E-state index in [4.69, 9.17) is 5.73 Å². The van der Waals surface area contributed by atoms with Crippen LogP contribution in [-0.2, 0) is 4.79 Å². The lowest BCUT2D eigenvalue weighted by Crippen LogP contribution is -2.38. The number of amides is 1. The Balaban J connectivity index is 0.00000162. The van der Waals surface area contributed by atoms with Crippen molar-refractivity contribution in [1.29, 1.82) is 0 Å². The van der Waals surface area contributed by atoms with Crippen LogP contribution in [0.5, 0.6) is 0 Å². The van der Waals surface area contributed by atoms with Crippen LogP contribution in [0.15, 0.2) is 30.3 Å². The Morgan fingerprint density at radius 2 is 1.94 bits per heavy atom. The molecule has 3 nitrogen and oxygen atoms in total. The fourth-order valence-electron chi connectivity index (χ4n) is 1.92. The normalized spacial score (nSPS) is 19.2. The number of benzene rings is 1. The van der Waals surface area contributed by atoms with Gasteiger partial charge in [-0.25, -0.2) is 8.78 Å². The molecule has 1 aliphatic heterocycles. The third-order valence-corrected chi connectivity index (χ3v) is 2.91. The zero-order chi connectivity index (χ0) is 12.5. The second-order valence-corrected chi connectivity index (χ2v) is 4.25. The van der Waals surface area contributed by atoms with Gasteiger partial charge in [0.25, 0.3) is 5.92 Å². The molecule has 1 aromatic carbocycles. The van der Waals surface area contributed by atoms with Crippen LogP contribution in [0.1, 0.15) is 18.0 Å². The minimum atomic E-state index is -2.77. The molecular weight excluding hydrogens is 262 g/mol. The van der Waals surface area contributed by atoms with E-state index in [2.05, 4.69) is 0 Å². The van der Waals surface area contributed by atoms with Crippen molar-refractivity contribution in [2.45, 2.75) is 18.4 Å². The molecule has 1 aromatic rings. The van der Waals surface area contributed by atoms with Crippen LogP contribution in [0, 0.1) is 0 Å². The zero-order valence-electron chi connectivity index (χ0n) is 9.68. The first-order chi connectivity index (χ1) is 7.99. The molecule has 2 rings (SSSR count). The molecule has 1 atom stereocenters. The maximum absolute atomic E-state index is 13.0. The highest BCUT2D eigenvalue weighted by Gasteiger charge is 2.41. The molecule has 0 aliphatic carbocycles. The third-order valence-electron chi connectivity index (χ3n) is 2.91. The number of hydrogen-bond donors (Lipinski definition) is 1. The van der Waals surface area contributed by atoms with Crippen molar-refractivity contribution in [3.8, 4) is 0 Å². The van der Waals surface area contributed by atoms with Crippen molar-refractivity contribution in [3.05, 3.63) is 35.9 Å². The van der Waals surface area contributed by atoms with Gasteiger partial charge < -0.3 is 10.6 Å². The molecule has 0 bridgehead atoms. The molecule has 0 aromatic heterocycles. The molecule has 1 unspecified atom stereocenters. The molecule has 6 heteroatoms. The molecule has 2 N–H and O–H groups in total. The first-order valence-corrected chi connectivity index (χ1v) is 5.47. The zero-order valence-corrected chi connectivity index (χ0v) is 10.5. The summed E-state index contributed by atoms with van der Waals surface area (Å²) in [4.78, 5) is 13.0. The molecule has 18 heavy (non-hydrogen) atoms. The Morgan fingerprint density at radius 1 is 1.33 bits per heavy atom. The van der Waals surface area contributed by atoms with Gasteiger partial charge in [-0.2, -0.15) is 0 Å². The molecular formula is C12H15ClF2N2O. The molecule has 1 saturated heterocycles. The van der Waals surface area contributed by atoms with Gasteiger partial charge in [0, 0.05) is 13.0 Å². The van der Waals surface area contributed by atoms with Gasteiger partial charge in [0.15, 0.2) is 0 Å². The van der Waals surface area contributed by atoms with Gasteiger partial charge in [-0.1, -0.05) is 30.3 Å². The molecule has 1 heterocycles. The molecule has 1 amide bonds. The van der Waals surface area contributed by atoms with E-state index in [-0.39, 0.29) is 25.4 Å². The van der Waals surface area contributed by atoms with E-state index >= 15 is 0 Å². The van der Waals surface area contributed by atoms with Gasteiger partial charge in [-0.3, -0.25) is 4.79 Å². The number of carbonyl (C=O) groups excluding carboxylic acids is 1. The maximum Gasteiger partial charge on any atom is 0.267 e. The second-order valence-electron chi connectivity index (χ2n) is 4.25. The summed E-state index contributed by atoms with van der Waals surface area (Å²) in [6.45, 7) is -0.446. The first-order valence-electron chi connectivity index (χ1n) is 5.47. The number of alkyl halides is 2. The Hall–Kier alpha value is -1.20. The minimum absolute atomic E-state index is 0. The highest BCUT2D eigenvalue weighted by atomic mass is 35.5. The number of likely N-dealkylation sites (tertiary alicyclic amines) is 1. The maximum atomic E-state index is 13.0. The average Bonchev–Trinajstić information content (AvgIpc) is 2.69. The fraction of sp³-hybridized carbons (Fsp3) is 0.417. The molecule has 1 fully saturated rings. The third kappa shape index (κ3) is 3.17. The lowest BCUT2D eigenvalue weighted by Gasteiger charge is -2.20. The minimum Gasteiger partial charge on any atom is -0.335 e. The van der Waals surface area contributed by atoms with E-state index < -0.39 is 24.4 Å². The molecule has 1 aliphatic rings. The first kappa shape index (κ1) is 14.9. The number of rotatable bonds is 2. The van der Waals surface area contributed by atoms with Crippen LogP contribution >= 0.6 is 12.4 Å². The Kier molecular flexibility index (Phi) is 4.65. The van der Waals surface area contributed by atoms with E-state index in [1.54, 1.807) is 24.3 Å². The summed E-state index contributed by atoms with van der Waals surface area (Å²) in [7, 11) is 0. The Bertz CT molecular complexity index is 414. The smallest absolute Gasteiger partial charge is 0.267 e. The number of halogens is 3.